The number of rotatable bonds is 3. The third-order valence-electron chi connectivity index (χ3n) is 4.56. The van der Waals surface area contributed by atoms with Crippen molar-refractivity contribution in [2.24, 2.45) is 5.92 Å². The molecule has 0 bridgehead atoms. The van der Waals surface area contributed by atoms with E-state index >= 15 is 0 Å². The third kappa shape index (κ3) is 2.15. The number of ether oxygens (including phenoxy) is 1. The molecule has 102 valence electrons. The molecule has 2 aliphatic rings. The first-order chi connectivity index (χ1) is 9.81. The van der Waals surface area contributed by atoms with E-state index in [0.717, 1.165) is 18.4 Å². The fourth-order valence-corrected chi connectivity index (χ4v) is 3.32. The van der Waals surface area contributed by atoms with Gasteiger partial charge in [-0.25, -0.2) is 0 Å². The van der Waals surface area contributed by atoms with Gasteiger partial charge in [-0.15, -0.1) is 0 Å². The first kappa shape index (κ1) is 12.1. The maximum Gasteiger partial charge on any atom is 0.0845 e. The van der Waals surface area contributed by atoms with Crippen molar-refractivity contribution in [2.45, 2.75) is 31.2 Å². The highest BCUT2D eigenvalue weighted by atomic mass is 16.6. The van der Waals surface area contributed by atoms with Crippen molar-refractivity contribution in [3.05, 3.63) is 60.2 Å². The molecule has 3 unspecified atom stereocenters. The highest BCUT2D eigenvalue weighted by Gasteiger charge is 2.49. The van der Waals surface area contributed by atoms with Crippen LogP contribution in [0.15, 0.2) is 54.6 Å². The number of fused-ring (bicyclic) bond motifs is 1. The van der Waals surface area contributed by atoms with E-state index in [1.807, 2.05) is 18.2 Å². The van der Waals surface area contributed by atoms with Crippen LogP contribution in [-0.4, -0.2) is 17.3 Å². The molecule has 0 amide bonds. The molecule has 0 spiro atoms. The lowest BCUT2D eigenvalue weighted by Gasteiger charge is -2.19. The van der Waals surface area contributed by atoms with Crippen LogP contribution in [0.1, 0.15) is 24.5 Å². The lowest BCUT2D eigenvalue weighted by atomic mass is 9.92. The Morgan fingerprint density at radius 3 is 2.10 bits per heavy atom. The topological polar surface area (TPSA) is 32.8 Å². The van der Waals surface area contributed by atoms with Gasteiger partial charge in [-0.05, 0) is 35.4 Å². The van der Waals surface area contributed by atoms with Crippen LogP contribution in [0.4, 0.5) is 0 Å². The molecule has 2 nitrogen and oxygen atoms in total. The van der Waals surface area contributed by atoms with Crippen molar-refractivity contribution < 1.29 is 9.84 Å². The molecule has 20 heavy (non-hydrogen) atoms. The number of hydrogen-bond donors (Lipinski definition) is 1. The van der Waals surface area contributed by atoms with E-state index in [-0.39, 0.29) is 6.10 Å². The Balaban J connectivity index is 1.52. The molecule has 2 aromatic carbocycles. The monoisotopic (exact) mass is 266 g/mol. The molecule has 2 fully saturated rings. The lowest BCUT2D eigenvalue weighted by molar-refractivity contribution is 0.0866. The Morgan fingerprint density at radius 1 is 0.850 bits per heavy atom. The van der Waals surface area contributed by atoms with Crippen LogP contribution in [0.25, 0.3) is 11.1 Å². The molecule has 4 rings (SSSR count). The molecule has 1 aliphatic carbocycles. The standard InChI is InChI=1S/C18H18O2/c19-18(15-10-16-17(11-15)20-16)14-8-6-13(7-9-14)12-4-2-1-3-5-12/h1-9,15-19H,10-11H2. The second kappa shape index (κ2) is 4.72. The summed E-state index contributed by atoms with van der Waals surface area (Å²) in [6.07, 6.45) is 2.52. The number of benzene rings is 2. The van der Waals surface area contributed by atoms with Gasteiger partial charge < -0.3 is 9.84 Å². The fourth-order valence-electron chi connectivity index (χ4n) is 3.32. The average Bonchev–Trinajstić information content (AvgIpc) is 3.13. The van der Waals surface area contributed by atoms with Crippen molar-refractivity contribution in [1.29, 1.82) is 0 Å². The van der Waals surface area contributed by atoms with Gasteiger partial charge in [-0.1, -0.05) is 54.6 Å². The van der Waals surface area contributed by atoms with Crippen LogP contribution >= 0.6 is 0 Å². The Morgan fingerprint density at radius 2 is 1.45 bits per heavy atom. The van der Waals surface area contributed by atoms with Crippen LogP contribution in [0.5, 0.6) is 0 Å². The highest BCUT2D eigenvalue weighted by Crippen LogP contribution is 2.47. The predicted molar refractivity (Wildman–Crippen MR) is 78.2 cm³/mol. The summed E-state index contributed by atoms with van der Waals surface area (Å²) in [5.74, 6) is 0.362. The molecule has 0 radical (unpaired) electrons. The van der Waals surface area contributed by atoms with Crippen LogP contribution < -0.4 is 0 Å². The summed E-state index contributed by atoms with van der Waals surface area (Å²) in [5.41, 5.74) is 3.43. The molecule has 1 saturated heterocycles. The van der Waals surface area contributed by atoms with Crippen molar-refractivity contribution in [1.82, 2.24) is 0 Å². The van der Waals surface area contributed by atoms with E-state index in [1.165, 1.54) is 11.1 Å². The summed E-state index contributed by atoms with van der Waals surface area (Å²) in [7, 11) is 0. The molecule has 1 aliphatic heterocycles. The van der Waals surface area contributed by atoms with Gasteiger partial charge >= 0.3 is 0 Å². The molecular weight excluding hydrogens is 248 g/mol. The van der Waals surface area contributed by atoms with Gasteiger partial charge in [0.15, 0.2) is 0 Å². The summed E-state index contributed by atoms with van der Waals surface area (Å²) in [6, 6.07) is 18.6. The van der Waals surface area contributed by atoms with Crippen molar-refractivity contribution in [3.8, 4) is 11.1 Å². The maximum atomic E-state index is 10.5. The van der Waals surface area contributed by atoms with E-state index in [2.05, 4.69) is 36.4 Å². The molecule has 2 aromatic rings. The van der Waals surface area contributed by atoms with Crippen LogP contribution in [0.3, 0.4) is 0 Å². The van der Waals surface area contributed by atoms with Crippen molar-refractivity contribution >= 4 is 0 Å². The Labute approximate surface area is 119 Å². The van der Waals surface area contributed by atoms with Crippen LogP contribution in [-0.2, 0) is 4.74 Å². The minimum Gasteiger partial charge on any atom is -0.388 e. The molecule has 1 N–H and O–H groups in total. The van der Waals surface area contributed by atoms with E-state index in [4.69, 9.17) is 4.74 Å². The Kier molecular flexibility index (Phi) is 2.86. The summed E-state index contributed by atoms with van der Waals surface area (Å²) in [4.78, 5) is 0. The van der Waals surface area contributed by atoms with Gasteiger partial charge in [-0.3, -0.25) is 0 Å². The van der Waals surface area contributed by atoms with Crippen molar-refractivity contribution in [3.63, 3.8) is 0 Å². The molecule has 1 saturated carbocycles. The smallest absolute Gasteiger partial charge is 0.0845 e. The zero-order valence-electron chi connectivity index (χ0n) is 11.3. The normalized spacial score (nSPS) is 28.9. The van der Waals surface area contributed by atoms with E-state index in [9.17, 15) is 5.11 Å². The Hall–Kier alpha value is -1.64. The predicted octanol–water partition coefficient (Wildman–Crippen LogP) is 3.56. The SMILES string of the molecule is OC(c1ccc(-c2ccccc2)cc1)C1CC2OC2C1. The zero-order valence-corrected chi connectivity index (χ0v) is 11.3. The molecule has 1 heterocycles. The van der Waals surface area contributed by atoms with Gasteiger partial charge in [0.05, 0.1) is 18.3 Å². The second-order valence-corrected chi connectivity index (χ2v) is 5.88. The summed E-state index contributed by atoms with van der Waals surface area (Å²) in [5, 5.41) is 10.5. The fraction of sp³-hybridized carbons (Fsp3) is 0.333. The number of aliphatic hydroxyl groups is 1. The van der Waals surface area contributed by atoms with Gasteiger partial charge in [-0.2, -0.15) is 0 Å². The first-order valence-corrected chi connectivity index (χ1v) is 7.30. The second-order valence-electron chi connectivity index (χ2n) is 5.88. The number of epoxide rings is 1. The lowest BCUT2D eigenvalue weighted by Crippen LogP contribution is -2.11. The number of aliphatic hydroxyl groups excluding tert-OH is 1. The molecular formula is C18H18O2. The van der Waals surface area contributed by atoms with Crippen LogP contribution in [0, 0.1) is 5.92 Å². The van der Waals surface area contributed by atoms with Crippen molar-refractivity contribution in [2.75, 3.05) is 0 Å². The van der Waals surface area contributed by atoms with Gasteiger partial charge in [0.25, 0.3) is 0 Å². The van der Waals surface area contributed by atoms with E-state index < -0.39 is 0 Å². The first-order valence-electron chi connectivity index (χ1n) is 7.30. The molecule has 2 heteroatoms. The molecule has 0 aromatic heterocycles. The highest BCUT2D eigenvalue weighted by molar-refractivity contribution is 5.63. The number of hydrogen-bond acceptors (Lipinski definition) is 2. The Bertz CT molecular complexity index is 581. The zero-order chi connectivity index (χ0) is 13.5. The third-order valence-corrected chi connectivity index (χ3v) is 4.56. The van der Waals surface area contributed by atoms with E-state index in [0.29, 0.717) is 18.1 Å². The minimum absolute atomic E-state index is 0.351. The van der Waals surface area contributed by atoms with Gasteiger partial charge in [0.1, 0.15) is 0 Å². The summed E-state index contributed by atoms with van der Waals surface area (Å²) >= 11 is 0. The van der Waals surface area contributed by atoms with E-state index in [1.54, 1.807) is 0 Å². The summed E-state index contributed by atoms with van der Waals surface area (Å²) < 4.78 is 5.43. The van der Waals surface area contributed by atoms with Gasteiger partial charge in [0, 0.05) is 0 Å². The van der Waals surface area contributed by atoms with Gasteiger partial charge in [0.2, 0.25) is 0 Å². The average molecular weight is 266 g/mol. The quantitative estimate of drug-likeness (QED) is 0.861. The minimum atomic E-state index is -0.351. The molecule has 3 atom stereocenters. The largest absolute Gasteiger partial charge is 0.388 e. The summed E-state index contributed by atoms with van der Waals surface area (Å²) in [6.45, 7) is 0. The maximum absolute atomic E-state index is 10.5. The van der Waals surface area contributed by atoms with Crippen LogP contribution in [0.2, 0.25) is 0 Å².